The first-order valence-corrected chi connectivity index (χ1v) is 4.34. The lowest BCUT2D eigenvalue weighted by atomic mass is 10.2. The number of methoxy groups -OCH3 is 1. The van der Waals surface area contributed by atoms with Gasteiger partial charge in [-0.1, -0.05) is 6.07 Å². The lowest BCUT2D eigenvalue weighted by molar-refractivity contribution is 0.417. The SMILES string of the molecule is CCN(C)c1cccc(OC)c1N. The molecule has 1 aromatic rings. The van der Waals surface area contributed by atoms with Crippen LogP contribution in [-0.4, -0.2) is 20.7 Å². The van der Waals surface area contributed by atoms with Crippen molar-refractivity contribution in [2.24, 2.45) is 0 Å². The molecule has 0 unspecified atom stereocenters. The molecule has 0 saturated heterocycles. The van der Waals surface area contributed by atoms with Gasteiger partial charge in [0.1, 0.15) is 5.75 Å². The van der Waals surface area contributed by atoms with E-state index in [0.29, 0.717) is 5.69 Å². The number of hydrogen-bond donors (Lipinski definition) is 1. The second kappa shape index (κ2) is 4.03. The molecule has 0 aliphatic heterocycles. The maximum atomic E-state index is 5.90. The van der Waals surface area contributed by atoms with Gasteiger partial charge in [0.25, 0.3) is 0 Å². The van der Waals surface area contributed by atoms with Crippen LogP contribution in [-0.2, 0) is 0 Å². The minimum Gasteiger partial charge on any atom is -0.495 e. The van der Waals surface area contributed by atoms with E-state index >= 15 is 0 Å². The van der Waals surface area contributed by atoms with E-state index in [9.17, 15) is 0 Å². The molecule has 3 nitrogen and oxygen atoms in total. The highest BCUT2D eigenvalue weighted by atomic mass is 16.5. The highest BCUT2D eigenvalue weighted by molar-refractivity contribution is 5.73. The van der Waals surface area contributed by atoms with Gasteiger partial charge in [-0.15, -0.1) is 0 Å². The number of rotatable bonds is 3. The van der Waals surface area contributed by atoms with Crippen molar-refractivity contribution < 1.29 is 4.74 Å². The van der Waals surface area contributed by atoms with Gasteiger partial charge in [0.15, 0.2) is 0 Å². The van der Waals surface area contributed by atoms with E-state index in [4.69, 9.17) is 10.5 Å². The van der Waals surface area contributed by atoms with Crippen LogP contribution in [0.3, 0.4) is 0 Å². The van der Waals surface area contributed by atoms with Crippen LogP contribution < -0.4 is 15.4 Å². The molecule has 1 rings (SSSR count). The van der Waals surface area contributed by atoms with Gasteiger partial charge in [-0.25, -0.2) is 0 Å². The average molecular weight is 180 g/mol. The van der Waals surface area contributed by atoms with E-state index < -0.39 is 0 Å². The van der Waals surface area contributed by atoms with Crippen molar-refractivity contribution in [3.8, 4) is 5.75 Å². The fourth-order valence-electron chi connectivity index (χ4n) is 1.21. The molecule has 0 bridgehead atoms. The molecular formula is C10H16N2O. The first kappa shape index (κ1) is 9.71. The summed E-state index contributed by atoms with van der Waals surface area (Å²) in [4.78, 5) is 2.08. The van der Waals surface area contributed by atoms with Crippen LogP contribution in [0.25, 0.3) is 0 Å². The molecule has 0 fully saturated rings. The average Bonchev–Trinajstić information content (AvgIpc) is 2.17. The topological polar surface area (TPSA) is 38.5 Å². The smallest absolute Gasteiger partial charge is 0.143 e. The zero-order chi connectivity index (χ0) is 9.84. The highest BCUT2D eigenvalue weighted by Gasteiger charge is 2.07. The van der Waals surface area contributed by atoms with Crippen LogP contribution in [0.2, 0.25) is 0 Å². The van der Waals surface area contributed by atoms with E-state index in [1.165, 1.54) is 0 Å². The summed E-state index contributed by atoms with van der Waals surface area (Å²) in [6.45, 7) is 3.01. The van der Waals surface area contributed by atoms with Crippen LogP contribution in [0.1, 0.15) is 6.92 Å². The fourth-order valence-corrected chi connectivity index (χ4v) is 1.21. The van der Waals surface area contributed by atoms with Crippen molar-refractivity contribution in [1.82, 2.24) is 0 Å². The predicted octanol–water partition coefficient (Wildman–Crippen LogP) is 1.73. The van der Waals surface area contributed by atoms with E-state index in [2.05, 4.69) is 11.8 Å². The number of benzene rings is 1. The first-order valence-electron chi connectivity index (χ1n) is 4.34. The number of anilines is 2. The molecule has 0 heterocycles. The number of ether oxygens (including phenoxy) is 1. The van der Waals surface area contributed by atoms with Crippen LogP contribution >= 0.6 is 0 Å². The molecule has 2 N–H and O–H groups in total. The van der Waals surface area contributed by atoms with Crippen molar-refractivity contribution in [1.29, 1.82) is 0 Å². The zero-order valence-electron chi connectivity index (χ0n) is 8.37. The van der Waals surface area contributed by atoms with Gasteiger partial charge in [0.05, 0.1) is 18.5 Å². The lowest BCUT2D eigenvalue weighted by Crippen LogP contribution is -2.17. The summed E-state index contributed by atoms with van der Waals surface area (Å²) in [6.07, 6.45) is 0. The third kappa shape index (κ3) is 1.86. The van der Waals surface area contributed by atoms with Gasteiger partial charge in [-0.05, 0) is 19.1 Å². The van der Waals surface area contributed by atoms with Crippen molar-refractivity contribution >= 4 is 11.4 Å². The van der Waals surface area contributed by atoms with Gasteiger partial charge in [-0.3, -0.25) is 0 Å². The van der Waals surface area contributed by atoms with E-state index in [1.54, 1.807) is 7.11 Å². The molecule has 72 valence electrons. The molecule has 0 atom stereocenters. The molecule has 1 aromatic carbocycles. The number of hydrogen-bond acceptors (Lipinski definition) is 3. The Labute approximate surface area is 79.1 Å². The van der Waals surface area contributed by atoms with Gasteiger partial charge in [0.2, 0.25) is 0 Å². The standard InChI is InChI=1S/C10H16N2O/c1-4-12(2)8-6-5-7-9(13-3)10(8)11/h5-7H,4,11H2,1-3H3. The Kier molecular flexibility index (Phi) is 3.01. The van der Waals surface area contributed by atoms with Gasteiger partial charge in [0, 0.05) is 13.6 Å². The van der Waals surface area contributed by atoms with Crippen LogP contribution in [0.5, 0.6) is 5.75 Å². The highest BCUT2D eigenvalue weighted by Crippen LogP contribution is 2.30. The van der Waals surface area contributed by atoms with Crippen molar-refractivity contribution in [3.63, 3.8) is 0 Å². The summed E-state index contributed by atoms with van der Waals surface area (Å²) in [5.41, 5.74) is 7.62. The van der Waals surface area contributed by atoms with Gasteiger partial charge >= 0.3 is 0 Å². The molecule has 3 heteroatoms. The minimum atomic E-state index is 0.703. The monoisotopic (exact) mass is 180 g/mol. The molecule has 0 amide bonds. The molecular weight excluding hydrogens is 164 g/mol. The van der Waals surface area contributed by atoms with Crippen molar-refractivity contribution in [2.75, 3.05) is 31.3 Å². The number of nitrogens with two attached hydrogens (primary N) is 1. The second-order valence-corrected chi connectivity index (χ2v) is 2.91. The minimum absolute atomic E-state index is 0.703. The Balaban J connectivity index is 3.08. The quantitative estimate of drug-likeness (QED) is 0.720. The Hall–Kier alpha value is -1.38. The Morgan fingerprint density at radius 3 is 2.69 bits per heavy atom. The van der Waals surface area contributed by atoms with E-state index in [-0.39, 0.29) is 0 Å². The first-order chi connectivity index (χ1) is 6.20. The maximum absolute atomic E-state index is 5.90. The lowest BCUT2D eigenvalue weighted by Gasteiger charge is -2.19. The number of para-hydroxylation sites is 1. The normalized spacial score (nSPS) is 9.77. The maximum Gasteiger partial charge on any atom is 0.143 e. The molecule has 0 aliphatic carbocycles. The van der Waals surface area contributed by atoms with Crippen LogP contribution in [0.15, 0.2) is 18.2 Å². The third-order valence-corrected chi connectivity index (χ3v) is 2.15. The summed E-state index contributed by atoms with van der Waals surface area (Å²) in [7, 11) is 3.63. The zero-order valence-corrected chi connectivity index (χ0v) is 8.37. The van der Waals surface area contributed by atoms with Crippen molar-refractivity contribution in [3.05, 3.63) is 18.2 Å². The van der Waals surface area contributed by atoms with Crippen LogP contribution in [0, 0.1) is 0 Å². The molecule has 0 aromatic heterocycles. The van der Waals surface area contributed by atoms with E-state index in [0.717, 1.165) is 18.0 Å². The van der Waals surface area contributed by atoms with Crippen molar-refractivity contribution in [2.45, 2.75) is 6.92 Å². The number of nitrogens with zero attached hydrogens (tertiary/aromatic N) is 1. The van der Waals surface area contributed by atoms with Gasteiger partial charge < -0.3 is 15.4 Å². The van der Waals surface area contributed by atoms with Crippen LogP contribution in [0.4, 0.5) is 11.4 Å². The van der Waals surface area contributed by atoms with Gasteiger partial charge in [-0.2, -0.15) is 0 Å². The molecule has 0 radical (unpaired) electrons. The molecule has 0 saturated carbocycles. The Bertz CT molecular complexity index is 286. The summed E-state index contributed by atoms with van der Waals surface area (Å²) in [5, 5.41) is 0. The molecule has 13 heavy (non-hydrogen) atoms. The van der Waals surface area contributed by atoms with E-state index in [1.807, 2.05) is 25.2 Å². The third-order valence-electron chi connectivity index (χ3n) is 2.15. The summed E-state index contributed by atoms with van der Waals surface area (Å²) < 4.78 is 5.13. The Morgan fingerprint density at radius 2 is 2.15 bits per heavy atom. The summed E-state index contributed by atoms with van der Waals surface area (Å²) in [5.74, 6) is 0.734. The largest absolute Gasteiger partial charge is 0.495 e. The number of nitrogen functional groups attached to an aromatic ring is 1. The summed E-state index contributed by atoms with van der Waals surface area (Å²) in [6, 6.07) is 5.79. The molecule has 0 aliphatic rings. The second-order valence-electron chi connectivity index (χ2n) is 2.91. The predicted molar refractivity (Wildman–Crippen MR) is 56.4 cm³/mol. The Morgan fingerprint density at radius 1 is 1.46 bits per heavy atom. The fraction of sp³-hybridized carbons (Fsp3) is 0.400. The molecule has 0 spiro atoms. The summed E-state index contributed by atoms with van der Waals surface area (Å²) >= 11 is 0.